The fourth-order valence-electron chi connectivity index (χ4n) is 3.18. The minimum atomic E-state index is -0.554. The molecule has 0 spiro atoms. The van der Waals surface area contributed by atoms with Crippen molar-refractivity contribution in [1.82, 2.24) is 19.9 Å². The molecule has 4 rings (SSSR count). The maximum absolute atomic E-state index is 12.8. The number of carbonyl (C=O) groups excluding carboxylic acids is 1. The van der Waals surface area contributed by atoms with Gasteiger partial charge >= 0.3 is 5.69 Å². The van der Waals surface area contributed by atoms with Gasteiger partial charge in [0.15, 0.2) is 0 Å². The maximum atomic E-state index is 12.8. The molecule has 8 heteroatoms. The number of hydrogen-bond donors (Lipinski definition) is 2. The minimum Gasteiger partial charge on any atom is -0.331 e. The van der Waals surface area contributed by atoms with E-state index in [4.69, 9.17) is 0 Å². The summed E-state index contributed by atoms with van der Waals surface area (Å²) in [6.07, 6.45) is 1.09. The van der Waals surface area contributed by atoms with Gasteiger partial charge in [-0.2, -0.15) is 0 Å². The molecular formula is C19H18N4O3S. The Morgan fingerprint density at radius 3 is 2.78 bits per heavy atom. The summed E-state index contributed by atoms with van der Waals surface area (Å²) in [5, 5.41) is 2.64. The third kappa shape index (κ3) is 3.61. The fourth-order valence-corrected chi connectivity index (χ4v) is 3.98. The molecule has 1 aliphatic heterocycles. The van der Waals surface area contributed by atoms with Crippen LogP contribution in [0, 0.1) is 6.92 Å². The van der Waals surface area contributed by atoms with Gasteiger partial charge in [-0.3, -0.25) is 14.6 Å². The molecule has 0 aliphatic carbocycles. The minimum absolute atomic E-state index is 0.187. The first-order valence-electron chi connectivity index (χ1n) is 8.63. The molecule has 3 aromatic rings. The zero-order valence-electron chi connectivity index (χ0n) is 14.7. The number of H-pyrrole nitrogens is 2. The summed E-state index contributed by atoms with van der Waals surface area (Å²) in [6, 6.07) is 8.24. The quantitative estimate of drug-likeness (QED) is 0.719. The van der Waals surface area contributed by atoms with Gasteiger partial charge in [-0.25, -0.2) is 9.78 Å². The average molecular weight is 382 g/mol. The predicted octanol–water partition coefficient (Wildman–Crippen LogP) is 1.62. The number of aromatic amines is 2. The summed E-state index contributed by atoms with van der Waals surface area (Å²) >= 11 is 1.46. The highest BCUT2D eigenvalue weighted by Crippen LogP contribution is 2.19. The van der Waals surface area contributed by atoms with Gasteiger partial charge in [0.1, 0.15) is 5.69 Å². The second-order valence-corrected chi connectivity index (χ2v) is 7.57. The lowest BCUT2D eigenvalue weighted by atomic mass is 10.1. The number of fused-ring (bicyclic) bond motifs is 1. The number of aryl methyl sites for hydroxylation is 1. The molecule has 27 heavy (non-hydrogen) atoms. The largest absolute Gasteiger partial charge is 0.331 e. The van der Waals surface area contributed by atoms with E-state index in [1.54, 1.807) is 10.3 Å². The van der Waals surface area contributed by atoms with Crippen LogP contribution in [0.1, 0.15) is 37.9 Å². The van der Waals surface area contributed by atoms with E-state index in [0.717, 1.165) is 10.6 Å². The summed E-state index contributed by atoms with van der Waals surface area (Å²) in [5.41, 5.74) is 2.86. The molecule has 1 aliphatic rings. The molecule has 2 aromatic heterocycles. The number of carbonyl (C=O) groups is 1. The van der Waals surface area contributed by atoms with Gasteiger partial charge in [0, 0.05) is 29.6 Å². The first-order valence-corrected chi connectivity index (χ1v) is 9.51. The van der Waals surface area contributed by atoms with Gasteiger partial charge in [-0.05, 0) is 18.9 Å². The van der Waals surface area contributed by atoms with Crippen LogP contribution in [-0.4, -0.2) is 32.3 Å². The van der Waals surface area contributed by atoms with Crippen molar-refractivity contribution in [2.45, 2.75) is 26.3 Å². The molecule has 0 atom stereocenters. The highest BCUT2D eigenvalue weighted by molar-refractivity contribution is 7.09. The predicted molar refractivity (Wildman–Crippen MR) is 102 cm³/mol. The van der Waals surface area contributed by atoms with E-state index < -0.39 is 5.69 Å². The van der Waals surface area contributed by atoms with Crippen LogP contribution < -0.4 is 11.2 Å². The fraction of sp³-hybridized carbons (Fsp3) is 0.263. The van der Waals surface area contributed by atoms with Gasteiger partial charge in [-0.1, -0.05) is 29.8 Å². The third-order valence-corrected chi connectivity index (χ3v) is 5.49. The Morgan fingerprint density at radius 2 is 2.00 bits per heavy atom. The summed E-state index contributed by atoms with van der Waals surface area (Å²) in [7, 11) is 0. The highest BCUT2D eigenvalue weighted by Gasteiger charge is 2.25. The Hall–Kier alpha value is -3.00. The monoisotopic (exact) mass is 382 g/mol. The number of nitrogens with one attached hydrogen (secondary N) is 2. The Bertz CT molecular complexity index is 1110. The molecule has 0 fully saturated rings. The molecule has 0 radical (unpaired) electrons. The van der Waals surface area contributed by atoms with Crippen LogP contribution in [0.15, 0.2) is 39.2 Å². The molecule has 1 amide bonds. The summed E-state index contributed by atoms with van der Waals surface area (Å²) in [4.78, 5) is 47.0. The molecule has 0 unspecified atom stereocenters. The van der Waals surface area contributed by atoms with E-state index in [2.05, 4.69) is 39.2 Å². The second-order valence-electron chi connectivity index (χ2n) is 6.63. The van der Waals surface area contributed by atoms with Crippen molar-refractivity contribution in [3.8, 4) is 0 Å². The smallest absolute Gasteiger partial charge is 0.325 e. The molecule has 0 bridgehead atoms. The van der Waals surface area contributed by atoms with Crippen LogP contribution in [0.4, 0.5) is 0 Å². The van der Waals surface area contributed by atoms with Gasteiger partial charge in [0.05, 0.1) is 11.6 Å². The molecule has 2 N–H and O–H groups in total. The number of benzene rings is 1. The lowest BCUT2D eigenvalue weighted by molar-refractivity contribution is 0.0725. The Kier molecular flexibility index (Phi) is 4.49. The van der Waals surface area contributed by atoms with Crippen molar-refractivity contribution in [2.24, 2.45) is 0 Å². The Labute approximate surface area is 158 Å². The van der Waals surface area contributed by atoms with Crippen molar-refractivity contribution in [1.29, 1.82) is 0 Å². The number of aromatic nitrogens is 3. The van der Waals surface area contributed by atoms with Gasteiger partial charge in [0.25, 0.3) is 11.5 Å². The maximum Gasteiger partial charge on any atom is 0.325 e. The number of hydrogen-bond acceptors (Lipinski definition) is 5. The molecule has 138 valence electrons. The van der Waals surface area contributed by atoms with Crippen molar-refractivity contribution in [3.63, 3.8) is 0 Å². The lowest BCUT2D eigenvalue weighted by Crippen LogP contribution is -2.41. The van der Waals surface area contributed by atoms with E-state index in [1.807, 2.05) is 6.92 Å². The first kappa shape index (κ1) is 17.4. The van der Waals surface area contributed by atoms with E-state index in [-0.39, 0.29) is 18.0 Å². The van der Waals surface area contributed by atoms with Crippen LogP contribution in [0.2, 0.25) is 0 Å². The summed E-state index contributed by atoms with van der Waals surface area (Å²) in [6.45, 7) is 2.67. The van der Waals surface area contributed by atoms with Crippen LogP contribution in [0.5, 0.6) is 0 Å². The topological polar surface area (TPSA) is 98.9 Å². The lowest BCUT2D eigenvalue weighted by Gasteiger charge is -2.27. The van der Waals surface area contributed by atoms with Crippen LogP contribution in [0.3, 0.4) is 0 Å². The Morgan fingerprint density at radius 1 is 1.22 bits per heavy atom. The second kappa shape index (κ2) is 6.96. The standard InChI is InChI=1S/C19H18N4O3S/c1-11-2-4-12(5-3-11)8-16-20-15(10-27-16)18(25)23-7-6-13-14(9-23)21-19(26)22-17(13)24/h2-5,10H,6-9H2,1H3,(H2,21,22,24,26). The molecule has 1 aromatic carbocycles. The SMILES string of the molecule is Cc1ccc(Cc2nc(C(=O)N3CCc4c([nH]c(=O)[nH]c4=O)C3)cs2)cc1. The average Bonchev–Trinajstić information content (AvgIpc) is 3.11. The zero-order valence-corrected chi connectivity index (χ0v) is 15.6. The van der Waals surface area contributed by atoms with Gasteiger partial charge < -0.3 is 9.88 Å². The first-order chi connectivity index (χ1) is 13.0. The Balaban J connectivity index is 1.50. The zero-order chi connectivity index (χ0) is 19.0. The highest BCUT2D eigenvalue weighted by atomic mass is 32.1. The summed E-state index contributed by atoms with van der Waals surface area (Å²) < 4.78 is 0. The van der Waals surface area contributed by atoms with Gasteiger partial charge in [-0.15, -0.1) is 11.3 Å². The molecule has 0 saturated carbocycles. The van der Waals surface area contributed by atoms with E-state index >= 15 is 0 Å². The van der Waals surface area contributed by atoms with E-state index in [9.17, 15) is 14.4 Å². The van der Waals surface area contributed by atoms with Crippen molar-refractivity contribution < 1.29 is 4.79 Å². The van der Waals surface area contributed by atoms with Crippen molar-refractivity contribution in [2.75, 3.05) is 6.54 Å². The van der Waals surface area contributed by atoms with Crippen LogP contribution in [0.25, 0.3) is 0 Å². The molecule has 7 nitrogen and oxygen atoms in total. The van der Waals surface area contributed by atoms with E-state index in [0.29, 0.717) is 36.3 Å². The number of nitrogens with zero attached hydrogens (tertiary/aromatic N) is 2. The summed E-state index contributed by atoms with van der Waals surface area (Å²) in [5.74, 6) is -0.187. The molecule has 0 saturated heterocycles. The molecular weight excluding hydrogens is 364 g/mol. The van der Waals surface area contributed by atoms with Gasteiger partial charge in [0.2, 0.25) is 0 Å². The number of thiazole rings is 1. The molecule has 3 heterocycles. The van der Waals surface area contributed by atoms with Crippen LogP contribution >= 0.6 is 11.3 Å². The number of amides is 1. The van der Waals surface area contributed by atoms with E-state index in [1.165, 1.54) is 16.9 Å². The van der Waals surface area contributed by atoms with Crippen molar-refractivity contribution in [3.05, 3.63) is 83.6 Å². The number of rotatable bonds is 3. The third-order valence-electron chi connectivity index (χ3n) is 4.64. The van der Waals surface area contributed by atoms with Crippen LogP contribution in [-0.2, 0) is 19.4 Å². The normalized spacial score (nSPS) is 13.4. The van der Waals surface area contributed by atoms with Crippen molar-refractivity contribution >= 4 is 17.2 Å².